The number of esters is 1. The number of nitriles is 1. The van der Waals surface area contributed by atoms with E-state index in [4.69, 9.17) is 4.74 Å². The lowest BCUT2D eigenvalue weighted by molar-refractivity contribution is 0.0518. The number of aromatic nitrogens is 1. The summed E-state index contributed by atoms with van der Waals surface area (Å²) in [4.78, 5) is 14.9. The first-order valence-corrected chi connectivity index (χ1v) is 6.27. The quantitative estimate of drug-likeness (QED) is 0.640. The second kappa shape index (κ2) is 4.02. The number of rotatable bonds is 2. The van der Waals surface area contributed by atoms with Crippen LogP contribution in [0.1, 0.15) is 58.9 Å². The first kappa shape index (κ1) is 11.1. The van der Waals surface area contributed by atoms with Crippen LogP contribution in [0.3, 0.4) is 0 Å². The molecule has 0 spiro atoms. The van der Waals surface area contributed by atoms with E-state index in [1.807, 2.05) is 0 Å². The molecule has 0 amide bonds. The van der Waals surface area contributed by atoms with Crippen molar-refractivity contribution < 1.29 is 9.53 Å². The summed E-state index contributed by atoms with van der Waals surface area (Å²) in [5.74, 6) is 0.179. The number of fused-ring (bicyclic) bond motifs is 1. The van der Waals surface area contributed by atoms with Crippen LogP contribution in [0.5, 0.6) is 0 Å². The van der Waals surface area contributed by atoms with Crippen LogP contribution in [0, 0.1) is 11.3 Å². The fourth-order valence-corrected chi connectivity index (χ4v) is 3.05. The van der Waals surface area contributed by atoms with E-state index in [1.54, 1.807) is 6.92 Å². The summed E-state index contributed by atoms with van der Waals surface area (Å²) < 4.78 is 5.06. The van der Waals surface area contributed by atoms with E-state index in [0.29, 0.717) is 18.0 Å². The number of ether oxygens (including phenoxy) is 1. The van der Waals surface area contributed by atoms with Crippen molar-refractivity contribution in [3.63, 3.8) is 0 Å². The SMILES string of the molecule is CCOC(=O)c1[nH]c(C#N)c2c1C1C=CC2CC1. The highest BCUT2D eigenvalue weighted by Gasteiger charge is 2.37. The average Bonchev–Trinajstić information content (AvgIpc) is 2.82. The van der Waals surface area contributed by atoms with Crippen molar-refractivity contribution in [2.45, 2.75) is 31.6 Å². The number of hydrogen-bond donors (Lipinski definition) is 1. The summed E-state index contributed by atoms with van der Waals surface area (Å²) in [5.41, 5.74) is 3.00. The van der Waals surface area contributed by atoms with Crippen molar-refractivity contribution in [3.05, 3.63) is 34.7 Å². The van der Waals surface area contributed by atoms with E-state index >= 15 is 0 Å². The molecule has 4 heteroatoms. The molecule has 4 nitrogen and oxygen atoms in total. The zero-order chi connectivity index (χ0) is 12.7. The molecule has 1 aromatic rings. The molecule has 3 aliphatic carbocycles. The maximum Gasteiger partial charge on any atom is 0.355 e. The molecule has 0 aliphatic heterocycles. The third-order valence-corrected chi connectivity index (χ3v) is 3.78. The average molecular weight is 242 g/mol. The van der Waals surface area contributed by atoms with Gasteiger partial charge in [0.2, 0.25) is 0 Å². The van der Waals surface area contributed by atoms with E-state index in [9.17, 15) is 10.1 Å². The van der Waals surface area contributed by atoms with Crippen molar-refractivity contribution in [2.24, 2.45) is 0 Å². The lowest BCUT2D eigenvalue weighted by atomic mass is 9.72. The molecule has 0 radical (unpaired) electrons. The number of allylic oxidation sites excluding steroid dienone is 2. The van der Waals surface area contributed by atoms with Crippen LogP contribution in [-0.2, 0) is 4.74 Å². The largest absolute Gasteiger partial charge is 0.461 e. The van der Waals surface area contributed by atoms with E-state index in [0.717, 1.165) is 24.0 Å². The number of hydrogen-bond acceptors (Lipinski definition) is 3. The molecule has 0 saturated heterocycles. The summed E-state index contributed by atoms with van der Waals surface area (Å²) in [5, 5.41) is 9.19. The number of aromatic amines is 1. The summed E-state index contributed by atoms with van der Waals surface area (Å²) in [7, 11) is 0. The number of carbonyl (C=O) groups is 1. The minimum absolute atomic E-state index is 0.253. The number of carbonyl (C=O) groups excluding carboxylic acids is 1. The van der Waals surface area contributed by atoms with Gasteiger partial charge in [-0.25, -0.2) is 4.79 Å². The third-order valence-electron chi connectivity index (χ3n) is 3.78. The van der Waals surface area contributed by atoms with Gasteiger partial charge < -0.3 is 9.72 Å². The topological polar surface area (TPSA) is 65.9 Å². The fourth-order valence-electron chi connectivity index (χ4n) is 3.05. The van der Waals surface area contributed by atoms with Crippen molar-refractivity contribution in [3.8, 4) is 6.07 Å². The molecule has 1 heterocycles. The lowest BCUT2D eigenvalue weighted by Gasteiger charge is -2.31. The van der Waals surface area contributed by atoms with Gasteiger partial charge in [0.05, 0.1) is 6.61 Å². The smallest absolute Gasteiger partial charge is 0.355 e. The Labute approximate surface area is 105 Å². The Morgan fingerprint density at radius 3 is 2.67 bits per heavy atom. The van der Waals surface area contributed by atoms with Gasteiger partial charge in [-0.1, -0.05) is 12.2 Å². The van der Waals surface area contributed by atoms with Gasteiger partial charge in [0.25, 0.3) is 0 Å². The molecule has 0 fully saturated rings. The Balaban J connectivity index is 2.15. The van der Waals surface area contributed by atoms with Crippen LogP contribution < -0.4 is 0 Å². The second-order valence-electron chi connectivity index (χ2n) is 4.71. The number of nitrogens with zero attached hydrogens (tertiary/aromatic N) is 1. The molecule has 3 aliphatic rings. The fraction of sp³-hybridized carbons (Fsp3) is 0.429. The van der Waals surface area contributed by atoms with Gasteiger partial charge in [0, 0.05) is 11.8 Å². The monoisotopic (exact) mass is 242 g/mol. The summed E-state index contributed by atoms with van der Waals surface area (Å²) in [6.45, 7) is 2.13. The Hall–Kier alpha value is -2.02. The molecule has 2 unspecified atom stereocenters. The molecule has 18 heavy (non-hydrogen) atoms. The van der Waals surface area contributed by atoms with Crippen LogP contribution in [0.15, 0.2) is 12.2 Å². The van der Waals surface area contributed by atoms with Gasteiger partial charge in [-0.3, -0.25) is 0 Å². The minimum atomic E-state index is -0.351. The van der Waals surface area contributed by atoms with Crippen LogP contribution >= 0.6 is 0 Å². The Bertz CT molecular complexity index is 577. The van der Waals surface area contributed by atoms with Crippen molar-refractivity contribution in [1.29, 1.82) is 5.26 Å². The molecule has 1 N–H and O–H groups in total. The summed E-state index contributed by atoms with van der Waals surface area (Å²) in [6, 6.07) is 2.16. The van der Waals surface area contributed by atoms with E-state index in [1.165, 1.54) is 0 Å². The molecule has 2 bridgehead atoms. The molecular weight excluding hydrogens is 228 g/mol. The van der Waals surface area contributed by atoms with Crippen molar-refractivity contribution in [1.82, 2.24) is 4.98 Å². The van der Waals surface area contributed by atoms with Crippen LogP contribution in [0.2, 0.25) is 0 Å². The van der Waals surface area contributed by atoms with Crippen molar-refractivity contribution >= 4 is 5.97 Å². The van der Waals surface area contributed by atoms with Crippen LogP contribution in [0.25, 0.3) is 0 Å². The Morgan fingerprint density at radius 2 is 2.11 bits per heavy atom. The van der Waals surface area contributed by atoms with Crippen LogP contribution in [0.4, 0.5) is 0 Å². The lowest BCUT2D eigenvalue weighted by Crippen LogP contribution is -2.19. The molecule has 4 rings (SSSR count). The number of H-pyrrole nitrogens is 1. The zero-order valence-electron chi connectivity index (χ0n) is 10.2. The van der Waals surface area contributed by atoms with E-state index in [2.05, 4.69) is 23.2 Å². The van der Waals surface area contributed by atoms with E-state index < -0.39 is 0 Å². The van der Waals surface area contributed by atoms with Gasteiger partial charge in [-0.05, 0) is 30.9 Å². The predicted molar refractivity (Wildman–Crippen MR) is 65.3 cm³/mol. The zero-order valence-corrected chi connectivity index (χ0v) is 10.2. The van der Waals surface area contributed by atoms with Gasteiger partial charge in [0.15, 0.2) is 0 Å². The summed E-state index contributed by atoms with van der Waals surface area (Å²) >= 11 is 0. The first-order valence-electron chi connectivity index (χ1n) is 6.27. The molecular formula is C14H14N2O2. The van der Waals surface area contributed by atoms with Gasteiger partial charge in [-0.2, -0.15) is 5.26 Å². The second-order valence-corrected chi connectivity index (χ2v) is 4.71. The minimum Gasteiger partial charge on any atom is -0.461 e. The Kier molecular flexibility index (Phi) is 2.48. The molecule has 92 valence electrons. The highest BCUT2D eigenvalue weighted by atomic mass is 16.5. The Morgan fingerprint density at radius 1 is 1.44 bits per heavy atom. The number of nitrogens with one attached hydrogen (secondary N) is 1. The molecule has 0 saturated carbocycles. The normalized spacial score (nSPS) is 23.6. The maximum atomic E-state index is 11.9. The third kappa shape index (κ3) is 1.40. The van der Waals surface area contributed by atoms with Gasteiger partial charge >= 0.3 is 5.97 Å². The molecule has 1 aromatic heterocycles. The van der Waals surface area contributed by atoms with E-state index in [-0.39, 0.29) is 17.8 Å². The van der Waals surface area contributed by atoms with Gasteiger partial charge in [0.1, 0.15) is 17.5 Å². The highest BCUT2D eigenvalue weighted by Crippen LogP contribution is 2.47. The van der Waals surface area contributed by atoms with Crippen LogP contribution in [-0.4, -0.2) is 17.6 Å². The van der Waals surface area contributed by atoms with Crippen molar-refractivity contribution in [2.75, 3.05) is 6.61 Å². The molecule has 2 atom stereocenters. The predicted octanol–water partition coefficient (Wildman–Crippen LogP) is 2.59. The highest BCUT2D eigenvalue weighted by molar-refractivity contribution is 5.91. The van der Waals surface area contributed by atoms with Gasteiger partial charge in [-0.15, -0.1) is 0 Å². The standard InChI is InChI=1S/C14H14N2O2/c1-2-18-14(17)13-12-9-5-3-8(4-6-9)11(12)10(7-15)16-13/h3,5,8-9,16H,2,4,6H2,1H3. The summed E-state index contributed by atoms with van der Waals surface area (Å²) in [6.07, 6.45) is 6.40. The first-order chi connectivity index (χ1) is 8.76. The maximum absolute atomic E-state index is 11.9. The molecule has 0 aromatic carbocycles.